The fourth-order valence-electron chi connectivity index (χ4n) is 3.13. The van der Waals surface area contributed by atoms with Crippen LogP contribution in [0.1, 0.15) is 13.8 Å². The normalized spacial score (nSPS) is 12.7. The molecule has 0 fully saturated rings. The van der Waals surface area contributed by atoms with Crippen molar-refractivity contribution in [2.24, 2.45) is 13.0 Å². The highest BCUT2D eigenvalue weighted by Gasteiger charge is 2.29. The second-order valence-electron chi connectivity index (χ2n) is 7.45. The Hall–Kier alpha value is -3.31. The van der Waals surface area contributed by atoms with Crippen molar-refractivity contribution in [1.82, 2.24) is 9.29 Å². The number of anilines is 1. The van der Waals surface area contributed by atoms with E-state index in [0.29, 0.717) is 22.7 Å². The number of oxazole rings is 1. The Balaban J connectivity index is 1.89. The molecule has 2 N–H and O–H groups in total. The molecular weight excluding hydrogens is 438 g/mol. The standard InChI is InChI=1S/C21H25N3O7S/c1-12(2)19(20(25)22-15-10-13(29-4)6-9-17(15)30-5)23-32(27,28)14-7-8-16-18(11-14)31-21(26)24(16)3/h6-12,19,23H,1-5H3,(H,22,25)/t19-/m1/s1. The van der Waals surface area contributed by atoms with E-state index in [1.807, 2.05) is 0 Å². The first-order chi connectivity index (χ1) is 15.1. The summed E-state index contributed by atoms with van der Waals surface area (Å²) in [7, 11) is 0.364. The molecule has 0 saturated carbocycles. The molecule has 0 unspecified atom stereocenters. The average molecular weight is 464 g/mol. The molecular formula is C21H25N3O7S. The topological polar surface area (TPSA) is 129 Å². The van der Waals surface area contributed by atoms with Crippen LogP contribution in [0.4, 0.5) is 5.69 Å². The van der Waals surface area contributed by atoms with Gasteiger partial charge in [-0.15, -0.1) is 0 Å². The van der Waals surface area contributed by atoms with E-state index in [-0.39, 0.29) is 16.4 Å². The van der Waals surface area contributed by atoms with E-state index >= 15 is 0 Å². The zero-order valence-electron chi connectivity index (χ0n) is 18.3. The van der Waals surface area contributed by atoms with Gasteiger partial charge in [-0.25, -0.2) is 13.2 Å². The molecule has 11 heteroatoms. The number of fused-ring (bicyclic) bond motifs is 1. The molecule has 0 bridgehead atoms. The zero-order valence-corrected chi connectivity index (χ0v) is 19.1. The summed E-state index contributed by atoms with van der Waals surface area (Å²) in [6.07, 6.45) is 0. The van der Waals surface area contributed by atoms with Crippen LogP contribution in [-0.4, -0.2) is 39.2 Å². The number of carbonyl (C=O) groups is 1. The fraction of sp³-hybridized carbons (Fsp3) is 0.333. The Morgan fingerprint density at radius 2 is 1.81 bits per heavy atom. The van der Waals surface area contributed by atoms with Gasteiger partial charge in [0, 0.05) is 19.2 Å². The van der Waals surface area contributed by atoms with Gasteiger partial charge >= 0.3 is 5.76 Å². The number of hydrogen-bond acceptors (Lipinski definition) is 7. The first kappa shape index (κ1) is 23.4. The van der Waals surface area contributed by atoms with Gasteiger partial charge in [0.2, 0.25) is 15.9 Å². The van der Waals surface area contributed by atoms with Gasteiger partial charge in [0.05, 0.1) is 30.3 Å². The minimum absolute atomic E-state index is 0.128. The summed E-state index contributed by atoms with van der Waals surface area (Å²) in [5, 5.41) is 2.70. The number of nitrogens with one attached hydrogen (secondary N) is 2. The molecule has 0 saturated heterocycles. The fourth-order valence-corrected chi connectivity index (χ4v) is 4.49. The number of rotatable bonds is 8. The Bertz CT molecular complexity index is 1310. The molecule has 172 valence electrons. The van der Waals surface area contributed by atoms with Crippen LogP contribution < -0.4 is 25.3 Å². The van der Waals surface area contributed by atoms with Crippen molar-refractivity contribution < 1.29 is 27.1 Å². The summed E-state index contributed by atoms with van der Waals surface area (Å²) in [6.45, 7) is 3.43. The molecule has 3 rings (SSSR count). The highest BCUT2D eigenvalue weighted by Crippen LogP contribution is 2.29. The predicted octanol–water partition coefficient (Wildman–Crippen LogP) is 2.09. The van der Waals surface area contributed by atoms with E-state index in [0.717, 1.165) is 0 Å². The first-order valence-electron chi connectivity index (χ1n) is 9.72. The van der Waals surface area contributed by atoms with Crippen molar-refractivity contribution in [3.05, 3.63) is 46.9 Å². The maximum Gasteiger partial charge on any atom is 0.419 e. The van der Waals surface area contributed by atoms with Crippen molar-refractivity contribution in [3.8, 4) is 11.5 Å². The predicted molar refractivity (Wildman–Crippen MR) is 119 cm³/mol. The number of methoxy groups -OCH3 is 2. The number of benzene rings is 2. The van der Waals surface area contributed by atoms with Gasteiger partial charge in [-0.2, -0.15) is 4.72 Å². The monoisotopic (exact) mass is 463 g/mol. The lowest BCUT2D eigenvalue weighted by Gasteiger charge is -2.22. The molecule has 1 heterocycles. The molecule has 3 aromatic rings. The summed E-state index contributed by atoms with van der Waals surface area (Å²) in [4.78, 5) is 24.6. The molecule has 32 heavy (non-hydrogen) atoms. The molecule has 0 aliphatic rings. The number of sulfonamides is 1. The van der Waals surface area contributed by atoms with Gasteiger partial charge in [0.15, 0.2) is 5.58 Å². The largest absolute Gasteiger partial charge is 0.497 e. The van der Waals surface area contributed by atoms with Crippen LogP contribution in [0.3, 0.4) is 0 Å². The van der Waals surface area contributed by atoms with Crippen LogP contribution in [0.2, 0.25) is 0 Å². The third-order valence-electron chi connectivity index (χ3n) is 4.97. The van der Waals surface area contributed by atoms with Gasteiger partial charge in [0.1, 0.15) is 17.5 Å². The summed E-state index contributed by atoms with van der Waals surface area (Å²) >= 11 is 0. The van der Waals surface area contributed by atoms with Crippen molar-refractivity contribution in [3.63, 3.8) is 0 Å². The smallest absolute Gasteiger partial charge is 0.419 e. The Morgan fingerprint density at radius 1 is 1.09 bits per heavy atom. The Morgan fingerprint density at radius 3 is 2.44 bits per heavy atom. The van der Waals surface area contributed by atoms with Crippen LogP contribution in [0.25, 0.3) is 11.1 Å². The average Bonchev–Trinajstić information content (AvgIpc) is 3.04. The lowest BCUT2D eigenvalue weighted by molar-refractivity contribution is -0.118. The quantitative estimate of drug-likeness (QED) is 0.523. The van der Waals surface area contributed by atoms with Gasteiger partial charge in [-0.1, -0.05) is 13.8 Å². The number of carbonyl (C=O) groups excluding carboxylic acids is 1. The lowest BCUT2D eigenvalue weighted by Crippen LogP contribution is -2.47. The summed E-state index contributed by atoms with van der Waals surface area (Å²) in [5.74, 6) is -0.647. The van der Waals surface area contributed by atoms with E-state index in [1.54, 1.807) is 32.0 Å². The molecule has 2 aromatic carbocycles. The van der Waals surface area contributed by atoms with Crippen LogP contribution in [0.5, 0.6) is 11.5 Å². The summed E-state index contributed by atoms with van der Waals surface area (Å²) < 4.78 is 45.2. The van der Waals surface area contributed by atoms with Gasteiger partial charge in [-0.3, -0.25) is 9.36 Å². The van der Waals surface area contributed by atoms with Crippen LogP contribution in [0, 0.1) is 5.92 Å². The van der Waals surface area contributed by atoms with Gasteiger partial charge in [-0.05, 0) is 30.2 Å². The SMILES string of the molecule is COc1ccc(OC)c(NC(=O)[C@H](NS(=O)(=O)c2ccc3c(c2)oc(=O)n3C)C(C)C)c1. The minimum atomic E-state index is -4.10. The molecule has 1 aromatic heterocycles. The maximum absolute atomic E-state index is 13.0. The van der Waals surface area contributed by atoms with Crippen molar-refractivity contribution in [2.75, 3.05) is 19.5 Å². The summed E-state index contributed by atoms with van der Waals surface area (Å²) in [6, 6.07) is 7.86. The second kappa shape index (κ2) is 9.05. The highest BCUT2D eigenvalue weighted by atomic mass is 32.2. The second-order valence-corrected chi connectivity index (χ2v) is 9.17. The number of amides is 1. The van der Waals surface area contributed by atoms with E-state index in [1.165, 1.54) is 44.0 Å². The molecule has 1 atom stereocenters. The Labute approximate surface area is 185 Å². The number of ether oxygens (including phenoxy) is 2. The zero-order chi connectivity index (χ0) is 23.6. The molecule has 0 aliphatic carbocycles. The van der Waals surface area contributed by atoms with Crippen LogP contribution in [-0.2, 0) is 21.9 Å². The van der Waals surface area contributed by atoms with Crippen molar-refractivity contribution in [1.29, 1.82) is 0 Å². The van der Waals surface area contributed by atoms with Crippen LogP contribution in [0.15, 0.2) is 50.5 Å². The third kappa shape index (κ3) is 4.63. The van der Waals surface area contributed by atoms with Gasteiger partial charge < -0.3 is 19.2 Å². The van der Waals surface area contributed by atoms with E-state index in [4.69, 9.17) is 13.9 Å². The van der Waals surface area contributed by atoms with Crippen molar-refractivity contribution in [2.45, 2.75) is 24.8 Å². The first-order valence-corrected chi connectivity index (χ1v) is 11.2. The Kier molecular flexibility index (Phi) is 6.60. The number of nitrogens with zero attached hydrogens (tertiary/aromatic N) is 1. The minimum Gasteiger partial charge on any atom is -0.497 e. The molecule has 0 radical (unpaired) electrons. The molecule has 0 aliphatic heterocycles. The van der Waals surface area contributed by atoms with Gasteiger partial charge in [0.25, 0.3) is 0 Å². The lowest BCUT2D eigenvalue weighted by atomic mass is 10.0. The number of aromatic nitrogens is 1. The number of hydrogen-bond donors (Lipinski definition) is 2. The summed E-state index contributed by atoms with van der Waals surface area (Å²) in [5.41, 5.74) is 0.929. The molecule has 0 spiro atoms. The van der Waals surface area contributed by atoms with E-state index in [9.17, 15) is 18.0 Å². The van der Waals surface area contributed by atoms with E-state index < -0.39 is 27.7 Å². The maximum atomic E-state index is 13.0. The van der Waals surface area contributed by atoms with E-state index in [2.05, 4.69) is 10.0 Å². The molecule has 1 amide bonds. The highest BCUT2D eigenvalue weighted by molar-refractivity contribution is 7.89. The van der Waals surface area contributed by atoms with Crippen LogP contribution >= 0.6 is 0 Å². The van der Waals surface area contributed by atoms with Crippen molar-refractivity contribution >= 4 is 32.7 Å². The third-order valence-corrected chi connectivity index (χ3v) is 6.41. The number of aryl methyl sites for hydroxylation is 1. The molecule has 10 nitrogen and oxygen atoms in total.